The smallest absolute Gasteiger partial charge is 0.225 e. The van der Waals surface area contributed by atoms with Gasteiger partial charge in [-0.3, -0.25) is 14.6 Å². The Hall–Kier alpha value is -1.91. The maximum Gasteiger partial charge on any atom is 0.225 e. The average molecular weight is 370 g/mol. The molecule has 2 saturated heterocycles. The van der Waals surface area contributed by atoms with Crippen LogP contribution in [0, 0.1) is 11.8 Å². The van der Waals surface area contributed by atoms with Crippen LogP contribution < -0.4 is 0 Å². The van der Waals surface area contributed by atoms with Crippen LogP contribution in [0.25, 0.3) is 0 Å². The van der Waals surface area contributed by atoms with Crippen LogP contribution in [-0.2, 0) is 16.1 Å². The van der Waals surface area contributed by atoms with Gasteiger partial charge in [0.25, 0.3) is 0 Å². The van der Waals surface area contributed by atoms with Gasteiger partial charge >= 0.3 is 0 Å². The quantitative estimate of drug-likeness (QED) is 0.821. The number of pyridine rings is 1. The number of carbonyl (C=O) groups is 2. The second kappa shape index (κ2) is 7.61. The van der Waals surface area contributed by atoms with Crippen LogP contribution in [0.1, 0.15) is 63.9 Å². The van der Waals surface area contributed by atoms with Crippen molar-refractivity contribution in [3.63, 3.8) is 0 Å². The summed E-state index contributed by atoms with van der Waals surface area (Å²) >= 11 is 0. The van der Waals surface area contributed by atoms with Gasteiger partial charge in [0.05, 0.1) is 0 Å². The molecule has 2 amide bonds. The SMILES string of the molecule is CC1CCC(C(=O)N2CCC3(CCC(=O)N3Cc3ccncc3)CC2)CC1. The predicted octanol–water partition coefficient (Wildman–Crippen LogP) is 3.39. The molecule has 0 radical (unpaired) electrons. The Labute approximate surface area is 162 Å². The minimum Gasteiger partial charge on any atom is -0.342 e. The van der Waals surface area contributed by atoms with Gasteiger partial charge in [-0.2, -0.15) is 0 Å². The van der Waals surface area contributed by atoms with Crippen molar-refractivity contribution < 1.29 is 9.59 Å². The molecule has 5 nitrogen and oxygen atoms in total. The lowest BCUT2D eigenvalue weighted by molar-refractivity contribution is -0.141. The van der Waals surface area contributed by atoms with Crippen molar-refractivity contribution in [2.24, 2.45) is 11.8 Å². The summed E-state index contributed by atoms with van der Waals surface area (Å²) in [5, 5.41) is 0. The molecule has 4 rings (SSSR count). The summed E-state index contributed by atoms with van der Waals surface area (Å²) in [7, 11) is 0. The van der Waals surface area contributed by atoms with Crippen molar-refractivity contribution in [3.05, 3.63) is 30.1 Å². The highest BCUT2D eigenvalue weighted by atomic mass is 16.2. The molecule has 0 N–H and O–H groups in total. The van der Waals surface area contributed by atoms with E-state index in [0.717, 1.165) is 56.7 Å². The van der Waals surface area contributed by atoms with Crippen LogP contribution in [0.4, 0.5) is 0 Å². The minimum absolute atomic E-state index is 0.0573. The second-order valence-corrected chi connectivity index (χ2v) is 8.84. The summed E-state index contributed by atoms with van der Waals surface area (Å²) in [6, 6.07) is 3.98. The third kappa shape index (κ3) is 3.74. The van der Waals surface area contributed by atoms with Crippen molar-refractivity contribution in [2.75, 3.05) is 13.1 Å². The van der Waals surface area contributed by atoms with Crippen LogP contribution in [0.3, 0.4) is 0 Å². The van der Waals surface area contributed by atoms with Crippen molar-refractivity contribution in [3.8, 4) is 0 Å². The molecular weight excluding hydrogens is 338 g/mol. The maximum absolute atomic E-state index is 12.9. The van der Waals surface area contributed by atoms with Crippen molar-refractivity contribution >= 4 is 11.8 Å². The molecule has 1 saturated carbocycles. The molecule has 5 heteroatoms. The average Bonchev–Trinajstić information content (AvgIpc) is 2.99. The molecule has 0 atom stereocenters. The first-order chi connectivity index (χ1) is 13.1. The van der Waals surface area contributed by atoms with Gasteiger partial charge in [-0.1, -0.05) is 6.92 Å². The summed E-state index contributed by atoms with van der Waals surface area (Å²) in [5.74, 6) is 1.62. The van der Waals surface area contributed by atoms with Crippen LogP contribution in [0.5, 0.6) is 0 Å². The van der Waals surface area contributed by atoms with Gasteiger partial charge in [0.2, 0.25) is 11.8 Å². The van der Waals surface area contributed by atoms with E-state index in [1.54, 1.807) is 12.4 Å². The summed E-state index contributed by atoms with van der Waals surface area (Å²) < 4.78 is 0. The van der Waals surface area contributed by atoms with E-state index in [0.29, 0.717) is 18.9 Å². The largest absolute Gasteiger partial charge is 0.342 e. The highest BCUT2D eigenvalue weighted by molar-refractivity contribution is 5.81. The van der Waals surface area contributed by atoms with Gasteiger partial charge in [0.15, 0.2) is 0 Å². The molecule has 1 aliphatic carbocycles. The van der Waals surface area contributed by atoms with Crippen LogP contribution in [0.2, 0.25) is 0 Å². The van der Waals surface area contributed by atoms with E-state index in [-0.39, 0.29) is 17.4 Å². The van der Waals surface area contributed by atoms with E-state index >= 15 is 0 Å². The monoisotopic (exact) mass is 369 g/mol. The number of nitrogens with zero attached hydrogens (tertiary/aromatic N) is 3. The second-order valence-electron chi connectivity index (χ2n) is 8.84. The van der Waals surface area contributed by atoms with E-state index in [1.165, 1.54) is 12.8 Å². The highest BCUT2D eigenvalue weighted by Crippen LogP contribution is 2.41. The fourth-order valence-corrected chi connectivity index (χ4v) is 5.23. The minimum atomic E-state index is -0.0573. The predicted molar refractivity (Wildman–Crippen MR) is 104 cm³/mol. The number of hydrogen-bond donors (Lipinski definition) is 0. The molecule has 3 heterocycles. The summed E-state index contributed by atoms with van der Waals surface area (Å²) in [6.45, 7) is 4.55. The lowest BCUT2D eigenvalue weighted by atomic mass is 9.80. The Morgan fingerprint density at radius 1 is 1.11 bits per heavy atom. The molecule has 1 aromatic heterocycles. The lowest BCUT2D eigenvalue weighted by Gasteiger charge is -2.46. The van der Waals surface area contributed by atoms with E-state index < -0.39 is 0 Å². The first-order valence-corrected chi connectivity index (χ1v) is 10.6. The number of aromatic nitrogens is 1. The first-order valence-electron chi connectivity index (χ1n) is 10.6. The molecule has 0 unspecified atom stereocenters. The van der Waals surface area contributed by atoms with Crippen LogP contribution in [-0.4, -0.2) is 45.2 Å². The van der Waals surface area contributed by atoms with Crippen LogP contribution >= 0.6 is 0 Å². The summed E-state index contributed by atoms with van der Waals surface area (Å²) in [5.41, 5.74) is 1.08. The highest BCUT2D eigenvalue weighted by Gasteiger charge is 2.47. The number of amides is 2. The Morgan fingerprint density at radius 3 is 2.44 bits per heavy atom. The molecule has 0 aromatic carbocycles. The third-order valence-corrected chi connectivity index (χ3v) is 7.14. The number of likely N-dealkylation sites (tertiary alicyclic amines) is 2. The van der Waals surface area contributed by atoms with E-state index in [4.69, 9.17) is 0 Å². The number of rotatable bonds is 3. The molecule has 146 valence electrons. The molecule has 0 bridgehead atoms. The van der Waals surface area contributed by atoms with Gasteiger partial charge in [-0.15, -0.1) is 0 Å². The number of hydrogen-bond acceptors (Lipinski definition) is 3. The zero-order chi connectivity index (χ0) is 18.9. The lowest BCUT2D eigenvalue weighted by Crippen LogP contribution is -2.54. The Morgan fingerprint density at radius 2 is 1.78 bits per heavy atom. The Balaban J connectivity index is 1.39. The van der Waals surface area contributed by atoms with Crippen molar-refractivity contribution in [2.45, 2.75) is 70.4 Å². The molecule has 1 spiro atoms. The van der Waals surface area contributed by atoms with Crippen LogP contribution in [0.15, 0.2) is 24.5 Å². The van der Waals surface area contributed by atoms with E-state index in [1.807, 2.05) is 12.1 Å². The zero-order valence-electron chi connectivity index (χ0n) is 16.4. The molecule has 2 aliphatic heterocycles. The van der Waals surface area contributed by atoms with Gasteiger partial charge in [0.1, 0.15) is 0 Å². The van der Waals surface area contributed by atoms with Gasteiger partial charge in [0, 0.05) is 49.9 Å². The number of carbonyl (C=O) groups excluding carboxylic acids is 2. The summed E-state index contributed by atoms with van der Waals surface area (Å²) in [6.07, 6.45) is 11.4. The number of piperidine rings is 1. The fraction of sp³-hybridized carbons (Fsp3) is 0.682. The fourth-order valence-electron chi connectivity index (χ4n) is 5.23. The Bertz CT molecular complexity index is 674. The van der Waals surface area contributed by atoms with Gasteiger partial charge < -0.3 is 9.80 Å². The van der Waals surface area contributed by atoms with Gasteiger partial charge in [-0.25, -0.2) is 0 Å². The van der Waals surface area contributed by atoms with Crippen molar-refractivity contribution in [1.29, 1.82) is 0 Å². The molecule has 3 aliphatic rings. The first kappa shape index (κ1) is 18.5. The third-order valence-electron chi connectivity index (χ3n) is 7.14. The summed E-state index contributed by atoms with van der Waals surface area (Å²) in [4.78, 5) is 33.8. The molecule has 3 fully saturated rings. The molecule has 27 heavy (non-hydrogen) atoms. The van der Waals surface area contributed by atoms with Crippen molar-refractivity contribution in [1.82, 2.24) is 14.8 Å². The zero-order valence-corrected chi connectivity index (χ0v) is 16.4. The molecule has 1 aromatic rings. The van der Waals surface area contributed by atoms with Gasteiger partial charge in [-0.05, 0) is 68.6 Å². The maximum atomic E-state index is 12.9. The Kier molecular flexibility index (Phi) is 5.20. The molecular formula is C22H31N3O2. The standard InChI is InChI=1S/C22H31N3O2/c1-17-2-4-19(5-3-17)21(27)24-14-10-22(11-15-24)9-6-20(26)25(22)16-18-7-12-23-13-8-18/h7-8,12-13,17,19H,2-6,9-11,14-16H2,1H3. The topological polar surface area (TPSA) is 53.5 Å². The normalized spacial score (nSPS) is 28.0. The van der Waals surface area contributed by atoms with E-state index in [9.17, 15) is 9.59 Å². The van der Waals surface area contributed by atoms with E-state index in [2.05, 4.69) is 21.7 Å².